The number of nitrogens with zero attached hydrogens (tertiary/aromatic N) is 1. The Balaban J connectivity index is 2.51. The molecule has 0 aliphatic carbocycles. The van der Waals surface area contributed by atoms with Crippen LogP contribution in [0.15, 0.2) is 0 Å². The number of carbonyl (C=O) groups is 2. The van der Waals surface area contributed by atoms with Gasteiger partial charge in [-0.05, 0) is 18.8 Å². The number of piperidine rings is 1. The number of unbranched alkanes of at least 4 members (excludes halogenated alkanes) is 1. The summed E-state index contributed by atoms with van der Waals surface area (Å²) in [6.07, 6.45) is 4.31. The molecule has 3 atom stereocenters. The van der Waals surface area contributed by atoms with Gasteiger partial charge in [0.25, 0.3) is 0 Å². The van der Waals surface area contributed by atoms with Crippen molar-refractivity contribution in [3.63, 3.8) is 0 Å². The van der Waals surface area contributed by atoms with E-state index in [4.69, 9.17) is 5.73 Å². The van der Waals surface area contributed by atoms with E-state index in [2.05, 4.69) is 19.2 Å². The molecule has 116 valence electrons. The maximum atomic E-state index is 11.7. The van der Waals surface area contributed by atoms with Crippen LogP contribution in [0.3, 0.4) is 0 Å². The first kappa shape index (κ1) is 17.0. The van der Waals surface area contributed by atoms with Crippen molar-refractivity contribution in [3.8, 4) is 0 Å². The Morgan fingerprint density at radius 2 is 2.10 bits per heavy atom. The van der Waals surface area contributed by atoms with Gasteiger partial charge in [0.05, 0.1) is 6.04 Å². The van der Waals surface area contributed by atoms with E-state index in [0.29, 0.717) is 12.3 Å². The summed E-state index contributed by atoms with van der Waals surface area (Å²) in [5.74, 6) is 0.299. The molecule has 2 amide bonds. The molecule has 0 aromatic heterocycles. The van der Waals surface area contributed by atoms with Gasteiger partial charge in [-0.25, -0.2) is 0 Å². The fourth-order valence-electron chi connectivity index (χ4n) is 2.82. The summed E-state index contributed by atoms with van der Waals surface area (Å²) < 4.78 is 0. The zero-order valence-corrected chi connectivity index (χ0v) is 13.0. The van der Waals surface area contributed by atoms with Crippen LogP contribution in [-0.4, -0.2) is 41.9 Å². The second-order valence-electron chi connectivity index (χ2n) is 5.83. The average Bonchev–Trinajstić information content (AvgIpc) is 2.43. The monoisotopic (exact) mass is 283 g/mol. The molecule has 1 aliphatic rings. The highest BCUT2D eigenvalue weighted by atomic mass is 16.2. The molecule has 1 rings (SSSR count). The van der Waals surface area contributed by atoms with Crippen molar-refractivity contribution in [2.75, 3.05) is 13.1 Å². The molecule has 0 aromatic carbocycles. The van der Waals surface area contributed by atoms with Gasteiger partial charge in [-0.1, -0.05) is 33.6 Å². The lowest BCUT2D eigenvalue weighted by atomic mass is 9.92. The first-order valence-corrected chi connectivity index (χ1v) is 7.82. The molecule has 1 fully saturated rings. The Kier molecular flexibility index (Phi) is 6.99. The van der Waals surface area contributed by atoms with Crippen LogP contribution in [0.25, 0.3) is 0 Å². The number of likely N-dealkylation sites (tertiary alicyclic amines) is 1. The van der Waals surface area contributed by atoms with E-state index >= 15 is 0 Å². The SMILES string of the molecule is CCCC[C@H](N[C@H]1CCN(C(=O)CC)C[C@H]1C)C(N)=O. The zero-order chi connectivity index (χ0) is 15.1. The molecule has 3 N–H and O–H groups in total. The highest BCUT2D eigenvalue weighted by Gasteiger charge is 2.30. The van der Waals surface area contributed by atoms with Crippen molar-refractivity contribution in [2.45, 2.75) is 65.0 Å². The van der Waals surface area contributed by atoms with Crippen LogP contribution in [0.1, 0.15) is 52.9 Å². The van der Waals surface area contributed by atoms with Gasteiger partial charge < -0.3 is 16.0 Å². The third-order valence-electron chi connectivity index (χ3n) is 4.17. The molecule has 1 aliphatic heterocycles. The van der Waals surface area contributed by atoms with Gasteiger partial charge in [-0.15, -0.1) is 0 Å². The molecule has 20 heavy (non-hydrogen) atoms. The van der Waals surface area contributed by atoms with E-state index in [1.54, 1.807) is 0 Å². The summed E-state index contributed by atoms with van der Waals surface area (Å²) >= 11 is 0. The Bertz CT molecular complexity index is 333. The van der Waals surface area contributed by atoms with Gasteiger partial charge in [-0.3, -0.25) is 9.59 Å². The Labute approximate surface area is 122 Å². The maximum Gasteiger partial charge on any atom is 0.234 e. The van der Waals surface area contributed by atoms with Gasteiger partial charge in [-0.2, -0.15) is 0 Å². The second-order valence-corrected chi connectivity index (χ2v) is 5.83. The minimum Gasteiger partial charge on any atom is -0.368 e. The number of hydrogen-bond acceptors (Lipinski definition) is 3. The molecular formula is C15H29N3O2. The van der Waals surface area contributed by atoms with Crippen molar-refractivity contribution in [1.82, 2.24) is 10.2 Å². The number of carbonyl (C=O) groups excluding carboxylic acids is 2. The van der Waals surface area contributed by atoms with Crippen LogP contribution >= 0.6 is 0 Å². The molecule has 0 saturated carbocycles. The highest BCUT2D eigenvalue weighted by Crippen LogP contribution is 2.18. The standard InChI is InChI=1S/C15H29N3O2/c1-4-6-7-13(15(16)20)17-12-8-9-18(10-11(12)3)14(19)5-2/h11-13,17H,4-10H2,1-3H3,(H2,16,20)/t11-,12+,13+/m1/s1. The largest absolute Gasteiger partial charge is 0.368 e. The number of hydrogen-bond donors (Lipinski definition) is 2. The predicted octanol–water partition coefficient (Wildman–Crippen LogP) is 1.27. The Morgan fingerprint density at radius 3 is 2.60 bits per heavy atom. The third kappa shape index (κ3) is 4.78. The van der Waals surface area contributed by atoms with Gasteiger partial charge in [0.15, 0.2) is 0 Å². The van der Waals surface area contributed by atoms with Crippen LogP contribution in [0.4, 0.5) is 0 Å². The fraction of sp³-hybridized carbons (Fsp3) is 0.867. The van der Waals surface area contributed by atoms with Crippen molar-refractivity contribution >= 4 is 11.8 Å². The van der Waals surface area contributed by atoms with E-state index in [1.165, 1.54) is 0 Å². The van der Waals surface area contributed by atoms with Gasteiger partial charge in [0, 0.05) is 25.6 Å². The third-order valence-corrected chi connectivity index (χ3v) is 4.17. The molecule has 0 aromatic rings. The van der Waals surface area contributed by atoms with Crippen LogP contribution in [0, 0.1) is 5.92 Å². The molecule has 5 nitrogen and oxygen atoms in total. The van der Waals surface area contributed by atoms with E-state index < -0.39 is 0 Å². The smallest absolute Gasteiger partial charge is 0.234 e. The summed E-state index contributed by atoms with van der Waals surface area (Å²) in [6.45, 7) is 7.67. The quantitative estimate of drug-likeness (QED) is 0.739. The van der Waals surface area contributed by atoms with Crippen LogP contribution in [0.5, 0.6) is 0 Å². The molecule has 5 heteroatoms. The van der Waals surface area contributed by atoms with E-state index in [0.717, 1.165) is 38.8 Å². The normalized spacial score (nSPS) is 24.4. The van der Waals surface area contributed by atoms with E-state index in [1.807, 2.05) is 11.8 Å². The van der Waals surface area contributed by atoms with E-state index in [-0.39, 0.29) is 23.9 Å². The molecule has 0 unspecified atom stereocenters. The number of rotatable bonds is 7. The van der Waals surface area contributed by atoms with Gasteiger partial charge in [0.1, 0.15) is 0 Å². The minimum atomic E-state index is -0.266. The summed E-state index contributed by atoms with van der Waals surface area (Å²) in [4.78, 5) is 25.1. The van der Waals surface area contributed by atoms with Crippen molar-refractivity contribution in [1.29, 1.82) is 0 Å². The zero-order valence-electron chi connectivity index (χ0n) is 13.0. The van der Waals surface area contributed by atoms with Crippen molar-refractivity contribution < 1.29 is 9.59 Å². The molecule has 0 spiro atoms. The topological polar surface area (TPSA) is 75.4 Å². The van der Waals surface area contributed by atoms with E-state index in [9.17, 15) is 9.59 Å². The lowest BCUT2D eigenvalue weighted by Gasteiger charge is -2.38. The Hall–Kier alpha value is -1.10. The van der Waals surface area contributed by atoms with Crippen molar-refractivity contribution in [2.24, 2.45) is 11.7 Å². The first-order valence-electron chi connectivity index (χ1n) is 7.82. The minimum absolute atomic E-state index is 0.215. The first-order chi connectivity index (χ1) is 9.49. The van der Waals surface area contributed by atoms with Gasteiger partial charge >= 0.3 is 0 Å². The molecule has 0 bridgehead atoms. The lowest BCUT2D eigenvalue weighted by Crippen LogP contribution is -2.55. The molecular weight excluding hydrogens is 254 g/mol. The van der Waals surface area contributed by atoms with Gasteiger partial charge in [0.2, 0.25) is 11.8 Å². The second kappa shape index (κ2) is 8.25. The van der Waals surface area contributed by atoms with Crippen LogP contribution < -0.4 is 11.1 Å². The fourth-order valence-corrected chi connectivity index (χ4v) is 2.82. The molecule has 1 saturated heterocycles. The summed E-state index contributed by atoms with van der Waals surface area (Å²) in [5.41, 5.74) is 5.47. The molecule has 1 heterocycles. The number of primary amides is 1. The summed E-state index contributed by atoms with van der Waals surface area (Å²) in [6, 6.07) is 0.0288. The lowest BCUT2D eigenvalue weighted by molar-refractivity contribution is -0.133. The van der Waals surface area contributed by atoms with Crippen LogP contribution in [-0.2, 0) is 9.59 Å². The Morgan fingerprint density at radius 1 is 1.40 bits per heavy atom. The van der Waals surface area contributed by atoms with Crippen LogP contribution in [0.2, 0.25) is 0 Å². The van der Waals surface area contributed by atoms with Crippen molar-refractivity contribution in [3.05, 3.63) is 0 Å². The number of nitrogens with two attached hydrogens (primary N) is 1. The predicted molar refractivity (Wildman–Crippen MR) is 80.1 cm³/mol. The molecule has 0 radical (unpaired) electrons. The number of nitrogens with one attached hydrogen (secondary N) is 1. The highest BCUT2D eigenvalue weighted by molar-refractivity contribution is 5.79. The summed E-state index contributed by atoms with van der Waals surface area (Å²) in [7, 11) is 0. The number of amides is 2. The average molecular weight is 283 g/mol. The summed E-state index contributed by atoms with van der Waals surface area (Å²) in [5, 5.41) is 3.40. The maximum absolute atomic E-state index is 11.7.